The zero-order chi connectivity index (χ0) is 19.6. The lowest BCUT2D eigenvalue weighted by Crippen LogP contribution is -2.20. The molecule has 0 aliphatic rings. The molecule has 5 nitrogen and oxygen atoms in total. The van der Waals surface area contributed by atoms with Crippen molar-refractivity contribution in [2.45, 2.75) is 0 Å². The number of anilines is 1. The van der Waals surface area contributed by atoms with E-state index in [0.717, 1.165) is 11.6 Å². The Hall–Kier alpha value is -3.12. The van der Waals surface area contributed by atoms with E-state index in [1.54, 1.807) is 30.3 Å². The third-order valence-electron chi connectivity index (χ3n) is 3.21. The summed E-state index contributed by atoms with van der Waals surface area (Å²) < 4.78 is 23.7. The van der Waals surface area contributed by atoms with Gasteiger partial charge in [0.2, 0.25) is 0 Å². The second kappa shape index (κ2) is 10.1. The first kappa shape index (κ1) is 20.2. The fraction of sp³-hybridized carbons (Fsp3) is 0.100. The van der Waals surface area contributed by atoms with Gasteiger partial charge in [-0.3, -0.25) is 4.79 Å². The number of halogens is 2. The van der Waals surface area contributed by atoms with Gasteiger partial charge in [0.25, 0.3) is 5.91 Å². The Morgan fingerprint density at radius 1 is 1.19 bits per heavy atom. The highest BCUT2D eigenvalue weighted by Crippen LogP contribution is 2.19. The average molecular weight is 390 g/mol. The molecule has 2 rings (SSSR count). The number of hydrogen-bond donors (Lipinski definition) is 1. The zero-order valence-electron chi connectivity index (χ0n) is 14.3. The van der Waals surface area contributed by atoms with Gasteiger partial charge in [0, 0.05) is 11.1 Å². The molecule has 140 valence electrons. The summed E-state index contributed by atoms with van der Waals surface area (Å²) in [5, 5.41) is 2.55. The molecular formula is C20H17ClFNO4. The molecule has 27 heavy (non-hydrogen) atoms. The summed E-state index contributed by atoms with van der Waals surface area (Å²) in [6.45, 7) is 3.42. The SMILES string of the molecule is C=CCOc1ccc(C=CC(=O)OCC(=O)Nc2cc(Cl)ccc2F)cc1. The third-order valence-corrected chi connectivity index (χ3v) is 3.44. The molecule has 0 saturated heterocycles. The predicted molar refractivity (Wildman–Crippen MR) is 102 cm³/mol. The molecule has 1 N–H and O–H groups in total. The molecular weight excluding hydrogens is 373 g/mol. The van der Waals surface area contributed by atoms with Gasteiger partial charge in [-0.1, -0.05) is 36.4 Å². The lowest BCUT2D eigenvalue weighted by Gasteiger charge is -2.07. The van der Waals surface area contributed by atoms with Crippen molar-refractivity contribution in [3.63, 3.8) is 0 Å². The van der Waals surface area contributed by atoms with Gasteiger partial charge < -0.3 is 14.8 Å². The monoisotopic (exact) mass is 389 g/mol. The second-order valence-corrected chi connectivity index (χ2v) is 5.72. The van der Waals surface area contributed by atoms with Gasteiger partial charge in [-0.05, 0) is 42.0 Å². The summed E-state index contributed by atoms with van der Waals surface area (Å²) in [6, 6.07) is 10.8. The van der Waals surface area contributed by atoms with Gasteiger partial charge >= 0.3 is 5.97 Å². The molecule has 0 bridgehead atoms. The molecule has 2 aromatic carbocycles. The zero-order valence-corrected chi connectivity index (χ0v) is 15.0. The van der Waals surface area contributed by atoms with Crippen LogP contribution >= 0.6 is 11.6 Å². The van der Waals surface area contributed by atoms with E-state index < -0.39 is 24.3 Å². The van der Waals surface area contributed by atoms with Crippen LogP contribution in [0.3, 0.4) is 0 Å². The molecule has 0 aliphatic heterocycles. The van der Waals surface area contributed by atoms with Crippen molar-refractivity contribution >= 4 is 35.2 Å². The molecule has 0 fully saturated rings. The van der Waals surface area contributed by atoms with Crippen LogP contribution in [0.25, 0.3) is 6.08 Å². The van der Waals surface area contributed by atoms with Crippen LogP contribution in [0.2, 0.25) is 5.02 Å². The maximum Gasteiger partial charge on any atom is 0.331 e. The minimum Gasteiger partial charge on any atom is -0.490 e. The number of hydrogen-bond acceptors (Lipinski definition) is 4. The number of benzene rings is 2. The molecule has 0 heterocycles. The maximum atomic E-state index is 13.5. The average Bonchev–Trinajstić information content (AvgIpc) is 2.66. The van der Waals surface area contributed by atoms with Gasteiger partial charge in [0.05, 0.1) is 5.69 Å². The van der Waals surface area contributed by atoms with Gasteiger partial charge in [-0.2, -0.15) is 0 Å². The van der Waals surface area contributed by atoms with E-state index in [0.29, 0.717) is 12.4 Å². The number of esters is 1. The number of carbonyl (C=O) groups is 2. The van der Waals surface area contributed by atoms with Crippen LogP contribution < -0.4 is 10.1 Å². The highest BCUT2D eigenvalue weighted by atomic mass is 35.5. The minimum atomic E-state index is -0.705. The number of ether oxygens (including phenoxy) is 2. The van der Waals surface area contributed by atoms with Crippen molar-refractivity contribution < 1.29 is 23.5 Å². The molecule has 0 saturated carbocycles. The molecule has 7 heteroatoms. The van der Waals surface area contributed by atoms with E-state index in [9.17, 15) is 14.0 Å². The number of amides is 1. The summed E-state index contributed by atoms with van der Waals surface area (Å²) in [4.78, 5) is 23.4. The van der Waals surface area contributed by atoms with Gasteiger partial charge in [0.1, 0.15) is 18.2 Å². The first-order valence-electron chi connectivity index (χ1n) is 7.91. The molecule has 0 spiro atoms. The van der Waals surface area contributed by atoms with Crippen LogP contribution in [0.4, 0.5) is 10.1 Å². The normalized spacial score (nSPS) is 10.4. The van der Waals surface area contributed by atoms with Crippen molar-refractivity contribution in [3.05, 3.63) is 77.6 Å². The largest absolute Gasteiger partial charge is 0.490 e. The molecule has 1 amide bonds. The van der Waals surface area contributed by atoms with Crippen molar-refractivity contribution in [1.29, 1.82) is 0 Å². The summed E-state index contributed by atoms with van der Waals surface area (Å²) in [5.74, 6) is -1.34. The van der Waals surface area contributed by atoms with E-state index in [-0.39, 0.29) is 10.7 Å². The second-order valence-electron chi connectivity index (χ2n) is 5.28. The van der Waals surface area contributed by atoms with Crippen LogP contribution in [0, 0.1) is 5.82 Å². The Balaban J connectivity index is 1.81. The van der Waals surface area contributed by atoms with E-state index in [2.05, 4.69) is 11.9 Å². The van der Waals surface area contributed by atoms with Gasteiger partial charge in [0.15, 0.2) is 6.61 Å². The Morgan fingerprint density at radius 2 is 1.93 bits per heavy atom. The molecule has 0 unspecified atom stereocenters. The van der Waals surface area contributed by atoms with Crippen molar-refractivity contribution in [1.82, 2.24) is 0 Å². The van der Waals surface area contributed by atoms with Crippen LogP contribution in [-0.4, -0.2) is 25.1 Å². The van der Waals surface area contributed by atoms with Crippen molar-refractivity contribution in [2.24, 2.45) is 0 Å². The molecule has 0 aromatic heterocycles. The molecule has 2 aromatic rings. The molecule has 0 radical (unpaired) electrons. The smallest absolute Gasteiger partial charge is 0.331 e. The number of nitrogens with one attached hydrogen (secondary N) is 1. The Kier molecular flexibility index (Phi) is 7.58. The van der Waals surface area contributed by atoms with Crippen molar-refractivity contribution in [2.75, 3.05) is 18.5 Å². The maximum absolute atomic E-state index is 13.5. The summed E-state index contributed by atoms with van der Waals surface area (Å²) in [7, 11) is 0. The Morgan fingerprint density at radius 3 is 2.63 bits per heavy atom. The number of carbonyl (C=O) groups excluding carboxylic acids is 2. The fourth-order valence-electron chi connectivity index (χ4n) is 1.96. The highest BCUT2D eigenvalue weighted by molar-refractivity contribution is 6.30. The van der Waals surface area contributed by atoms with Crippen LogP contribution in [0.1, 0.15) is 5.56 Å². The summed E-state index contributed by atoms with van der Waals surface area (Å²) in [5.41, 5.74) is 0.668. The van der Waals surface area contributed by atoms with Crippen LogP contribution in [-0.2, 0) is 14.3 Å². The number of rotatable bonds is 8. The van der Waals surface area contributed by atoms with Crippen LogP contribution in [0.15, 0.2) is 61.2 Å². The quantitative estimate of drug-likeness (QED) is 0.416. The first-order valence-corrected chi connectivity index (χ1v) is 8.29. The van der Waals surface area contributed by atoms with E-state index >= 15 is 0 Å². The highest BCUT2D eigenvalue weighted by Gasteiger charge is 2.09. The minimum absolute atomic E-state index is 0.0853. The standard InChI is InChI=1S/C20H17ClFNO4/c1-2-11-26-16-7-3-14(4-8-16)5-10-20(25)27-13-19(24)23-18-12-15(21)6-9-17(18)22/h2-10,12H,1,11,13H2,(H,23,24). The van der Waals surface area contributed by atoms with Crippen molar-refractivity contribution in [3.8, 4) is 5.75 Å². The molecule has 0 atom stereocenters. The Labute approximate surface area is 161 Å². The molecule has 0 aliphatic carbocycles. The van der Waals surface area contributed by atoms with E-state index in [1.165, 1.54) is 24.3 Å². The van der Waals surface area contributed by atoms with Gasteiger partial charge in [-0.15, -0.1) is 0 Å². The topological polar surface area (TPSA) is 64.6 Å². The third kappa shape index (κ3) is 6.95. The Bertz CT molecular complexity index is 850. The summed E-state index contributed by atoms with van der Waals surface area (Å²) in [6.07, 6.45) is 4.36. The van der Waals surface area contributed by atoms with E-state index in [4.69, 9.17) is 21.1 Å². The van der Waals surface area contributed by atoms with Gasteiger partial charge in [-0.25, -0.2) is 9.18 Å². The van der Waals surface area contributed by atoms with E-state index in [1.807, 2.05) is 0 Å². The summed E-state index contributed by atoms with van der Waals surface area (Å²) >= 11 is 5.74. The lowest BCUT2D eigenvalue weighted by atomic mass is 10.2. The van der Waals surface area contributed by atoms with Crippen LogP contribution in [0.5, 0.6) is 5.75 Å². The first-order chi connectivity index (χ1) is 13.0. The fourth-order valence-corrected chi connectivity index (χ4v) is 2.13. The lowest BCUT2D eigenvalue weighted by molar-refractivity contribution is -0.142. The predicted octanol–water partition coefficient (Wildman–Crippen LogP) is 4.24.